The van der Waals surface area contributed by atoms with Crippen molar-refractivity contribution in [2.75, 3.05) is 18.9 Å². The van der Waals surface area contributed by atoms with Crippen LogP contribution in [0.25, 0.3) is 0 Å². The van der Waals surface area contributed by atoms with E-state index in [1.165, 1.54) is 12.8 Å². The molecule has 3 nitrogen and oxygen atoms in total. The molecule has 0 aromatic heterocycles. The molecule has 0 saturated carbocycles. The number of nitrogen functional groups attached to an aromatic ring is 1. The van der Waals surface area contributed by atoms with Crippen molar-refractivity contribution < 1.29 is 9.47 Å². The number of benzene rings is 1. The molecule has 0 amide bonds. The van der Waals surface area contributed by atoms with Crippen molar-refractivity contribution in [3.05, 3.63) is 23.3 Å². The standard InChI is InChI=1S/C14H21NO2/c1-10-7-11(2)14(8-13(10)15)17-9-12-5-3-4-6-16-12/h7-8,12H,3-6,9,15H2,1-2H3. The Balaban J connectivity index is 1.96. The summed E-state index contributed by atoms with van der Waals surface area (Å²) in [6.45, 7) is 5.55. The largest absolute Gasteiger partial charge is 0.491 e. The Labute approximate surface area is 103 Å². The molecule has 0 radical (unpaired) electrons. The van der Waals surface area contributed by atoms with Crippen molar-refractivity contribution in [3.8, 4) is 5.75 Å². The normalized spacial score (nSPS) is 20.2. The van der Waals surface area contributed by atoms with Crippen LogP contribution in [0.4, 0.5) is 5.69 Å². The quantitative estimate of drug-likeness (QED) is 0.819. The average Bonchev–Trinajstić information content (AvgIpc) is 2.33. The number of anilines is 1. The predicted octanol–water partition coefficient (Wildman–Crippen LogP) is 2.83. The molecule has 1 atom stereocenters. The Morgan fingerprint density at radius 2 is 2.12 bits per heavy atom. The zero-order chi connectivity index (χ0) is 12.3. The molecule has 1 saturated heterocycles. The summed E-state index contributed by atoms with van der Waals surface area (Å²) in [6, 6.07) is 3.97. The van der Waals surface area contributed by atoms with Gasteiger partial charge in [-0.1, -0.05) is 6.07 Å². The van der Waals surface area contributed by atoms with E-state index < -0.39 is 0 Å². The Morgan fingerprint density at radius 1 is 1.29 bits per heavy atom. The number of hydrogen-bond acceptors (Lipinski definition) is 3. The minimum Gasteiger partial charge on any atom is -0.491 e. The van der Waals surface area contributed by atoms with Gasteiger partial charge in [0.15, 0.2) is 0 Å². The van der Waals surface area contributed by atoms with Crippen LogP contribution >= 0.6 is 0 Å². The Morgan fingerprint density at radius 3 is 2.82 bits per heavy atom. The van der Waals surface area contributed by atoms with Crippen LogP contribution in [0.2, 0.25) is 0 Å². The highest BCUT2D eigenvalue weighted by Gasteiger charge is 2.15. The van der Waals surface area contributed by atoms with Gasteiger partial charge in [-0.25, -0.2) is 0 Å². The molecule has 3 heteroatoms. The fourth-order valence-electron chi connectivity index (χ4n) is 2.13. The third kappa shape index (κ3) is 3.13. The maximum absolute atomic E-state index is 5.89. The van der Waals surface area contributed by atoms with Crippen molar-refractivity contribution in [1.29, 1.82) is 0 Å². The molecule has 0 spiro atoms. The lowest BCUT2D eigenvalue weighted by atomic mass is 10.1. The van der Waals surface area contributed by atoms with Gasteiger partial charge in [0.1, 0.15) is 12.4 Å². The highest BCUT2D eigenvalue weighted by Crippen LogP contribution is 2.25. The van der Waals surface area contributed by atoms with Crippen molar-refractivity contribution in [2.45, 2.75) is 39.2 Å². The third-order valence-electron chi connectivity index (χ3n) is 3.26. The van der Waals surface area contributed by atoms with Crippen LogP contribution in [0.15, 0.2) is 12.1 Å². The van der Waals surface area contributed by atoms with E-state index >= 15 is 0 Å². The van der Waals surface area contributed by atoms with Gasteiger partial charge in [-0.2, -0.15) is 0 Å². The third-order valence-corrected chi connectivity index (χ3v) is 3.26. The summed E-state index contributed by atoms with van der Waals surface area (Å²) in [5, 5.41) is 0. The molecule has 1 aromatic rings. The van der Waals surface area contributed by atoms with Crippen LogP contribution in [0, 0.1) is 13.8 Å². The zero-order valence-corrected chi connectivity index (χ0v) is 10.7. The van der Waals surface area contributed by atoms with Gasteiger partial charge in [-0.3, -0.25) is 0 Å². The summed E-state index contributed by atoms with van der Waals surface area (Å²) < 4.78 is 11.4. The van der Waals surface area contributed by atoms with Crippen molar-refractivity contribution in [1.82, 2.24) is 0 Å². The minimum atomic E-state index is 0.241. The Hall–Kier alpha value is -1.22. The van der Waals surface area contributed by atoms with Crippen LogP contribution in [0.1, 0.15) is 30.4 Å². The highest BCUT2D eigenvalue weighted by atomic mass is 16.5. The van der Waals surface area contributed by atoms with E-state index in [1.54, 1.807) is 0 Å². The first-order chi connectivity index (χ1) is 8.16. The predicted molar refractivity (Wildman–Crippen MR) is 69.4 cm³/mol. The number of rotatable bonds is 3. The summed E-state index contributed by atoms with van der Waals surface area (Å²) in [4.78, 5) is 0. The summed E-state index contributed by atoms with van der Waals surface area (Å²) in [7, 11) is 0. The first kappa shape index (κ1) is 12.2. The smallest absolute Gasteiger partial charge is 0.124 e. The Bertz CT molecular complexity index is 384. The molecule has 0 bridgehead atoms. The molecule has 1 unspecified atom stereocenters. The molecular weight excluding hydrogens is 214 g/mol. The molecule has 1 aliphatic rings. The van der Waals surface area contributed by atoms with Crippen LogP contribution in [0.3, 0.4) is 0 Å². The lowest BCUT2D eigenvalue weighted by molar-refractivity contribution is -0.0111. The molecular formula is C14H21NO2. The molecule has 1 aliphatic heterocycles. The summed E-state index contributed by atoms with van der Waals surface area (Å²) in [5.41, 5.74) is 8.91. The van der Waals surface area contributed by atoms with Gasteiger partial charge in [0.05, 0.1) is 6.10 Å². The van der Waals surface area contributed by atoms with E-state index in [2.05, 4.69) is 6.07 Å². The second-order valence-electron chi connectivity index (χ2n) is 4.77. The van der Waals surface area contributed by atoms with Crippen molar-refractivity contribution in [2.24, 2.45) is 0 Å². The number of ether oxygens (including phenoxy) is 2. The first-order valence-corrected chi connectivity index (χ1v) is 6.28. The zero-order valence-electron chi connectivity index (χ0n) is 10.7. The van der Waals surface area contributed by atoms with Crippen LogP contribution in [-0.2, 0) is 4.74 Å². The van der Waals surface area contributed by atoms with E-state index in [9.17, 15) is 0 Å². The molecule has 1 heterocycles. The molecule has 2 N–H and O–H groups in total. The van der Waals surface area contributed by atoms with Crippen molar-refractivity contribution in [3.63, 3.8) is 0 Å². The van der Waals surface area contributed by atoms with Gasteiger partial charge in [0.25, 0.3) is 0 Å². The average molecular weight is 235 g/mol. The number of nitrogens with two attached hydrogens (primary N) is 1. The highest BCUT2D eigenvalue weighted by molar-refractivity contribution is 5.54. The molecule has 0 aliphatic carbocycles. The summed E-state index contributed by atoms with van der Waals surface area (Å²) in [6.07, 6.45) is 3.75. The maximum Gasteiger partial charge on any atom is 0.124 e. The summed E-state index contributed by atoms with van der Waals surface area (Å²) in [5.74, 6) is 0.877. The second-order valence-corrected chi connectivity index (χ2v) is 4.77. The second kappa shape index (κ2) is 5.41. The van der Waals surface area contributed by atoms with E-state index in [1.807, 2.05) is 19.9 Å². The monoisotopic (exact) mass is 235 g/mol. The SMILES string of the molecule is Cc1cc(C)c(OCC2CCCCO2)cc1N. The van der Waals surface area contributed by atoms with Gasteiger partial charge < -0.3 is 15.2 Å². The molecule has 1 aromatic carbocycles. The van der Waals surface area contributed by atoms with Crippen molar-refractivity contribution >= 4 is 5.69 Å². The van der Waals surface area contributed by atoms with Crippen LogP contribution in [-0.4, -0.2) is 19.3 Å². The van der Waals surface area contributed by atoms with Gasteiger partial charge in [0.2, 0.25) is 0 Å². The van der Waals surface area contributed by atoms with Crippen LogP contribution in [0.5, 0.6) is 5.75 Å². The fourth-order valence-corrected chi connectivity index (χ4v) is 2.13. The van der Waals surface area contributed by atoms with Gasteiger partial charge >= 0.3 is 0 Å². The van der Waals surface area contributed by atoms with E-state index in [0.29, 0.717) is 6.61 Å². The molecule has 94 valence electrons. The minimum absolute atomic E-state index is 0.241. The Kier molecular flexibility index (Phi) is 3.89. The lowest BCUT2D eigenvalue weighted by Gasteiger charge is -2.23. The number of aryl methyl sites for hydroxylation is 2. The number of hydrogen-bond donors (Lipinski definition) is 1. The van der Waals surface area contributed by atoms with Gasteiger partial charge in [-0.15, -0.1) is 0 Å². The molecule has 17 heavy (non-hydrogen) atoms. The fraction of sp³-hybridized carbons (Fsp3) is 0.571. The van der Waals surface area contributed by atoms with Gasteiger partial charge in [0, 0.05) is 18.4 Å². The first-order valence-electron chi connectivity index (χ1n) is 6.28. The van der Waals surface area contributed by atoms with Gasteiger partial charge in [-0.05, 0) is 44.2 Å². The maximum atomic E-state index is 5.89. The van der Waals surface area contributed by atoms with Crippen LogP contribution < -0.4 is 10.5 Å². The lowest BCUT2D eigenvalue weighted by Crippen LogP contribution is -2.26. The molecule has 2 rings (SSSR count). The van der Waals surface area contributed by atoms with E-state index in [0.717, 1.165) is 35.6 Å². The van der Waals surface area contributed by atoms with E-state index in [4.69, 9.17) is 15.2 Å². The topological polar surface area (TPSA) is 44.5 Å². The summed E-state index contributed by atoms with van der Waals surface area (Å²) >= 11 is 0. The van der Waals surface area contributed by atoms with E-state index in [-0.39, 0.29) is 6.10 Å². The molecule has 1 fully saturated rings.